The fraction of sp³-hybridized carbons (Fsp3) is 0.667. The summed E-state index contributed by atoms with van der Waals surface area (Å²) < 4.78 is 4.86. The number of carbonyl (C=O) groups excluding carboxylic acids is 1. The van der Waals surface area contributed by atoms with Crippen molar-refractivity contribution in [2.24, 2.45) is 4.99 Å². The molecule has 2 rings (SSSR count). The molecule has 1 atom stereocenters. The fourth-order valence-electron chi connectivity index (χ4n) is 2.39. The molecule has 1 saturated heterocycles. The summed E-state index contributed by atoms with van der Waals surface area (Å²) in [6, 6.07) is 0. The van der Waals surface area contributed by atoms with Crippen LogP contribution in [0.1, 0.15) is 20.8 Å². The number of aliphatic hydroxyl groups is 8. The Bertz CT molecular complexity index is 645. The summed E-state index contributed by atoms with van der Waals surface area (Å²) in [5, 5.41) is 79.4. The molecule has 24 heavy (non-hydrogen) atoms. The molecule has 1 unspecified atom stereocenters. The molecule has 0 aromatic heterocycles. The molecule has 12 nitrogen and oxygen atoms in total. The fourth-order valence-corrected chi connectivity index (χ4v) is 2.39. The second-order valence-corrected chi connectivity index (χ2v) is 6.47. The molecule has 0 saturated carbocycles. The number of hydrogen-bond acceptors (Lipinski definition) is 10. The Labute approximate surface area is 134 Å². The van der Waals surface area contributed by atoms with E-state index in [0.29, 0.717) is 6.20 Å². The first kappa shape index (κ1) is 18.5. The van der Waals surface area contributed by atoms with E-state index in [1.54, 1.807) is 0 Å². The van der Waals surface area contributed by atoms with Gasteiger partial charge in [0.2, 0.25) is 5.60 Å². The first-order valence-corrected chi connectivity index (χ1v) is 6.59. The molecule has 0 aromatic carbocycles. The van der Waals surface area contributed by atoms with Gasteiger partial charge in [-0.2, -0.15) is 0 Å². The lowest BCUT2D eigenvalue weighted by Crippen LogP contribution is -2.74. The van der Waals surface area contributed by atoms with Gasteiger partial charge in [-0.15, -0.1) is 0 Å². The number of likely N-dealkylation sites (tertiary alicyclic amines) is 1. The molecule has 0 radical (unpaired) electrons. The molecule has 2 heterocycles. The summed E-state index contributed by atoms with van der Waals surface area (Å²) in [5.74, 6) is -13.6. The Morgan fingerprint density at radius 3 is 2.08 bits per heavy atom. The third kappa shape index (κ3) is 1.99. The highest BCUT2D eigenvalue weighted by molar-refractivity contribution is 5.87. The Morgan fingerprint density at radius 1 is 1.12 bits per heavy atom. The van der Waals surface area contributed by atoms with E-state index < -0.39 is 46.4 Å². The van der Waals surface area contributed by atoms with Crippen LogP contribution in [0.3, 0.4) is 0 Å². The SMILES string of the molecule is CC(C)(C)OC(=O)N1C2=CN=C(O)C(O)(O)C2(O)C(O)(O)C1(O)O. The highest BCUT2D eigenvalue weighted by atomic mass is 16.7. The van der Waals surface area contributed by atoms with Crippen molar-refractivity contribution in [3.63, 3.8) is 0 Å². The minimum atomic E-state index is -4.16. The van der Waals surface area contributed by atoms with E-state index in [-0.39, 0.29) is 4.90 Å². The Morgan fingerprint density at radius 2 is 1.62 bits per heavy atom. The molecule has 2 aliphatic heterocycles. The van der Waals surface area contributed by atoms with Gasteiger partial charge in [-0.25, -0.2) is 14.7 Å². The molecule has 12 heteroatoms. The largest absolute Gasteiger partial charge is 0.492 e. The van der Waals surface area contributed by atoms with E-state index in [1.807, 2.05) is 0 Å². The van der Waals surface area contributed by atoms with Gasteiger partial charge in [0.15, 0.2) is 0 Å². The maximum atomic E-state index is 12.2. The van der Waals surface area contributed by atoms with Crippen LogP contribution in [-0.2, 0) is 4.74 Å². The average Bonchev–Trinajstić information content (AvgIpc) is 2.48. The number of aliphatic hydroxyl groups excluding tert-OH is 1. The monoisotopic (exact) mass is 350 g/mol. The summed E-state index contributed by atoms with van der Waals surface area (Å²) in [7, 11) is 0. The van der Waals surface area contributed by atoms with Crippen LogP contribution in [0.4, 0.5) is 4.79 Å². The molecule has 0 bridgehead atoms. The van der Waals surface area contributed by atoms with E-state index in [2.05, 4.69) is 4.99 Å². The zero-order valence-electron chi connectivity index (χ0n) is 12.9. The zero-order chi connectivity index (χ0) is 18.9. The van der Waals surface area contributed by atoms with E-state index in [1.165, 1.54) is 20.8 Å². The lowest BCUT2D eigenvalue weighted by Gasteiger charge is -2.42. The average molecular weight is 350 g/mol. The summed E-state index contributed by atoms with van der Waals surface area (Å²) in [6.07, 6.45) is -1.16. The van der Waals surface area contributed by atoms with Crippen LogP contribution in [0.25, 0.3) is 0 Å². The molecule has 0 aromatic rings. The summed E-state index contributed by atoms with van der Waals surface area (Å²) in [4.78, 5) is 15.0. The molecule has 8 N–H and O–H groups in total. The lowest BCUT2D eigenvalue weighted by atomic mass is 9.82. The van der Waals surface area contributed by atoms with Crippen molar-refractivity contribution in [3.8, 4) is 0 Å². The van der Waals surface area contributed by atoms with Gasteiger partial charge in [0, 0.05) is 0 Å². The quantitative estimate of drug-likeness (QED) is 0.205. The smallest absolute Gasteiger partial charge is 0.419 e. The van der Waals surface area contributed by atoms with Gasteiger partial charge in [-0.05, 0) is 20.8 Å². The minimum Gasteiger partial charge on any atom is -0.492 e. The minimum absolute atomic E-state index is 0.227. The van der Waals surface area contributed by atoms with Gasteiger partial charge in [0.05, 0.1) is 11.9 Å². The predicted molar refractivity (Wildman–Crippen MR) is 72.7 cm³/mol. The second-order valence-electron chi connectivity index (χ2n) is 6.47. The summed E-state index contributed by atoms with van der Waals surface area (Å²) in [5.41, 5.74) is -6.07. The van der Waals surface area contributed by atoms with Gasteiger partial charge < -0.3 is 45.6 Å². The van der Waals surface area contributed by atoms with Crippen LogP contribution in [0.15, 0.2) is 16.9 Å². The number of fused-ring (bicyclic) bond motifs is 1. The van der Waals surface area contributed by atoms with Gasteiger partial charge >= 0.3 is 12.0 Å². The first-order chi connectivity index (χ1) is 10.5. The van der Waals surface area contributed by atoms with E-state index in [0.717, 1.165) is 0 Å². The molecule has 136 valence electrons. The Kier molecular flexibility index (Phi) is 3.58. The highest BCUT2D eigenvalue weighted by Crippen LogP contribution is 2.53. The van der Waals surface area contributed by atoms with Crippen molar-refractivity contribution in [1.29, 1.82) is 0 Å². The molecule has 2 aliphatic rings. The van der Waals surface area contributed by atoms with Crippen LogP contribution in [-0.4, -0.2) is 86.4 Å². The third-order valence-corrected chi connectivity index (χ3v) is 3.60. The van der Waals surface area contributed by atoms with Crippen molar-refractivity contribution in [3.05, 3.63) is 11.9 Å². The van der Waals surface area contributed by atoms with E-state index in [4.69, 9.17) is 4.74 Å². The summed E-state index contributed by atoms with van der Waals surface area (Å²) in [6.45, 7) is 4.24. The first-order valence-electron chi connectivity index (χ1n) is 6.59. The van der Waals surface area contributed by atoms with Crippen LogP contribution in [0.2, 0.25) is 0 Å². The molecular formula is C12H18N2O10. The van der Waals surface area contributed by atoms with Gasteiger partial charge in [0.1, 0.15) is 5.60 Å². The van der Waals surface area contributed by atoms with Gasteiger partial charge in [-0.3, -0.25) is 0 Å². The van der Waals surface area contributed by atoms with Crippen molar-refractivity contribution in [2.45, 2.75) is 49.5 Å². The summed E-state index contributed by atoms with van der Waals surface area (Å²) >= 11 is 0. The van der Waals surface area contributed by atoms with Gasteiger partial charge in [0.25, 0.3) is 17.5 Å². The number of rotatable bonds is 0. The second kappa shape index (κ2) is 4.64. The maximum Gasteiger partial charge on any atom is 0.419 e. The van der Waals surface area contributed by atoms with Crippen molar-refractivity contribution < 1.29 is 50.4 Å². The van der Waals surface area contributed by atoms with Gasteiger partial charge in [-0.1, -0.05) is 0 Å². The molecule has 1 amide bonds. The normalized spacial score (nSPS) is 30.3. The van der Waals surface area contributed by atoms with Crippen LogP contribution < -0.4 is 0 Å². The maximum absolute atomic E-state index is 12.2. The Balaban J connectivity index is 2.69. The van der Waals surface area contributed by atoms with Crippen molar-refractivity contribution >= 4 is 12.0 Å². The number of aliphatic imine (C=N–C) groups is 1. The van der Waals surface area contributed by atoms with E-state index in [9.17, 15) is 45.6 Å². The van der Waals surface area contributed by atoms with E-state index >= 15 is 0 Å². The van der Waals surface area contributed by atoms with Crippen molar-refractivity contribution in [1.82, 2.24) is 4.90 Å². The van der Waals surface area contributed by atoms with Crippen LogP contribution in [0, 0.1) is 0 Å². The van der Waals surface area contributed by atoms with Crippen LogP contribution >= 0.6 is 0 Å². The number of carbonyl (C=O) groups is 1. The number of amides is 1. The predicted octanol–water partition coefficient (Wildman–Crippen LogP) is -3.22. The third-order valence-electron chi connectivity index (χ3n) is 3.60. The lowest BCUT2D eigenvalue weighted by molar-refractivity contribution is -0.429. The highest BCUT2D eigenvalue weighted by Gasteiger charge is 2.84. The molecule has 1 fully saturated rings. The molecular weight excluding hydrogens is 332 g/mol. The van der Waals surface area contributed by atoms with Crippen molar-refractivity contribution in [2.75, 3.05) is 0 Å². The standard InChI is InChI=1S/C12H18N2O10/c1-8(2,3)24-7(16)14-5-4-13-6(15)10(18,19)9(5,17)11(20,21)12(14,22)23/h4,17-23H,1-3H3,(H,13,15). The molecule has 0 spiro atoms. The number of hydrogen-bond donors (Lipinski definition) is 8. The topological polar surface area (TPSA) is 204 Å². The van der Waals surface area contributed by atoms with Crippen LogP contribution in [0.5, 0.6) is 0 Å². The number of nitrogens with zero attached hydrogens (tertiary/aromatic N) is 2. The number of ether oxygens (including phenoxy) is 1. The molecule has 0 aliphatic carbocycles. The Hall–Kier alpha value is -1.80. The zero-order valence-corrected chi connectivity index (χ0v) is 12.9.